The van der Waals surface area contributed by atoms with Gasteiger partial charge in [0.25, 0.3) is 5.91 Å². The lowest BCUT2D eigenvalue weighted by Gasteiger charge is -2.24. The van der Waals surface area contributed by atoms with E-state index in [0.717, 1.165) is 6.54 Å². The van der Waals surface area contributed by atoms with E-state index in [9.17, 15) is 4.79 Å². The molecule has 7 N–H and O–H groups in total. The van der Waals surface area contributed by atoms with E-state index in [1.54, 1.807) is 0 Å². The van der Waals surface area contributed by atoms with Gasteiger partial charge < -0.3 is 4.90 Å². The molecule has 0 bridgehead atoms. The first-order valence-electron chi connectivity index (χ1n) is 5.12. The summed E-state index contributed by atoms with van der Waals surface area (Å²) in [5.74, 6) is 12.9. The highest BCUT2D eigenvalue weighted by Crippen LogP contribution is 2.18. The zero-order chi connectivity index (χ0) is 12.7. The van der Waals surface area contributed by atoms with Crippen molar-refractivity contribution in [3.63, 3.8) is 0 Å². The molecule has 1 aromatic rings. The Morgan fingerprint density at radius 2 is 2.00 bits per heavy atom. The summed E-state index contributed by atoms with van der Waals surface area (Å²) in [6.07, 6.45) is 3.92. The molecule has 0 saturated heterocycles. The van der Waals surface area contributed by atoms with E-state index >= 15 is 0 Å². The summed E-state index contributed by atoms with van der Waals surface area (Å²) in [7, 11) is 0. The summed E-state index contributed by atoms with van der Waals surface area (Å²) in [5, 5.41) is 0. The van der Waals surface area contributed by atoms with Crippen molar-refractivity contribution in [2.75, 3.05) is 6.54 Å². The van der Waals surface area contributed by atoms with Crippen LogP contribution in [-0.2, 0) is 11.3 Å². The highest BCUT2D eigenvalue weighted by atomic mass is 79.9. The number of carbonyl (C=O) groups is 1. The van der Waals surface area contributed by atoms with Gasteiger partial charge in [-0.3, -0.25) is 21.9 Å². The molecule has 1 amide bonds. The topological polar surface area (TPSA) is 110 Å². The molecule has 1 aromatic carbocycles. The Kier molecular flexibility index (Phi) is 7.97. The molecular weight excluding hydrogens is 298 g/mol. The number of nitrogens with zero attached hydrogens (tertiary/aromatic N) is 1. The standard InChI is InChI=1S/C11H13N3O.BrH.H4N2/c12-13-11(15)8-14-6-5-9-3-1-2-4-10(9)7-14;;1-2/h1-6H,7-8,12H2,(H,13,15);1H;1-2H2. The van der Waals surface area contributed by atoms with Crippen LogP contribution in [0.5, 0.6) is 0 Å². The molecule has 0 fully saturated rings. The van der Waals surface area contributed by atoms with Gasteiger partial charge in [-0.2, -0.15) is 0 Å². The molecule has 0 saturated carbocycles. The Morgan fingerprint density at radius 1 is 1.33 bits per heavy atom. The number of fused-ring (bicyclic) bond motifs is 1. The van der Waals surface area contributed by atoms with E-state index in [0.29, 0.717) is 6.54 Å². The lowest BCUT2D eigenvalue weighted by molar-refractivity contribution is -0.121. The Hall–Kier alpha value is -1.41. The molecule has 7 heteroatoms. The van der Waals surface area contributed by atoms with Crippen LogP contribution in [0.25, 0.3) is 6.08 Å². The van der Waals surface area contributed by atoms with E-state index in [-0.39, 0.29) is 22.9 Å². The average molecular weight is 316 g/mol. The Balaban J connectivity index is 0.000000917. The molecule has 0 aromatic heterocycles. The number of hydrogen-bond acceptors (Lipinski definition) is 5. The van der Waals surface area contributed by atoms with E-state index in [1.807, 2.05) is 29.3 Å². The van der Waals surface area contributed by atoms with Crippen LogP contribution in [-0.4, -0.2) is 17.4 Å². The number of hydrazine groups is 2. The third-order valence-corrected chi connectivity index (χ3v) is 2.40. The largest absolute Gasteiger partial charge is 0.364 e. The normalized spacial score (nSPS) is 11.6. The van der Waals surface area contributed by atoms with Crippen molar-refractivity contribution >= 4 is 29.0 Å². The van der Waals surface area contributed by atoms with E-state index in [2.05, 4.69) is 29.2 Å². The van der Waals surface area contributed by atoms with Crippen LogP contribution in [0.2, 0.25) is 0 Å². The summed E-state index contributed by atoms with van der Waals surface area (Å²) >= 11 is 0. The number of nitrogens with two attached hydrogens (primary N) is 3. The number of benzene rings is 1. The van der Waals surface area contributed by atoms with Crippen molar-refractivity contribution in [3.8, 4) is 0 Å². The van der Waals surface area contributed by atoms with Crippen LogP contribution in [0, 0.1) is 0 Å². The SMILES string of the molecule is Br.NN.NNC(=O)CN1C=Cc2ccccc2C1. The van der Waals surface area contributed by atoms with Gasteiger partial charge in [-0.1, -0.05) is 24.3 Å². The van der Waals surface area contributed by atoms with Crippen LogP contribution in [0.4, 0.5) is 0 Å². The molecule has 100 valence electrons. The smallest absolute Gasteiger partial charge is 0.253 e. The van der Waals surface area contributed by atoms with Crippen LogP contribution in [0.3, 0.4) is 0 Å². The first-order chi connectivity index (χ1) is 8.29. The second-order valence-corrected chi connectivity index (χ2v) is 3.49. The highest BCUT2D eigenvalue weighted by molar-refractivity contribution is 8.93. The van der Waals surface area contributed by atoms with Crippen molar-refractivity contribution in [2.24, 2.45) is 17.5 Å². The maximum atomic E-state index is 11.1. The van der Waals surface area contributed by atoms with E-state index in [1.165, 1.54) is 11.1 Å². The van der Waals surface area contributed by atoms with Gasteiger partial charge in [-0.05, 0) is 17.2 Å². The molecule has 0 aliphatic carbocycles. The first-order valence-corrected chi connectivity index (χ1v) is 5.12. The van der Waals surface area contributed by atoms with Crippen LogP contribution < -0.4 is 23.0 Å². The summed E-state index contributed by atoms with van der Waals surface area (Å²) in [5.41, 5.74) is 4.56. The molecule has 1 heterocycles. The lowest BCUT2D eigenvalue weighted by atomic mass is 10.0. The Morgan fingerprint density at radius 3 is 2.67 bits per heavy atom. The molecular formula is C11H18BrN5O. The summed E-state index contributed by atoms with van der Waals surface area (Å²) in [4.78, 5) is 13.0. The minimum atomic E-state index is -0.181. The minimum Gasteiger partial charge on any atom is -0.364 e. The van der Waals surface area contributed by atoms with Crippen molar-refractivity contribution in [3.05, 3.63) is 41.6 Å². The number of amides is 1. The zero-order valence-corrected chi connectivity index (χ0v) is 11.6. The van der Waals surface area contributed by atoms with Crippen molar-refractivity contribution < 1.29 is 4.79 Å². The van der Waals surface area contributed by atoms with Gasteiger partial charge in [0.15, 0.2) is 0 Å². The fourth-order valence-electron chi connectivity index (χ4n) is 1.64. The molecule has 6 nitrogen and oxygen atoms in total. The predicted octanol–water partition coefficient (Wildman–Crippen LogP) is -0.140. The third-order valence-electron chi connectivity index (χ3n) is 2.40. The van der Waals surface area contributed by atoms with Gasteiger partial charge in [-0.25, -0.2) is 5.84 Å². The number of halogens is 1. The van der Waals surface area contributed by atoms with Gasteiger partial charge in [-0.15, -0.1) is 17.0 Å². The van der Waals surface area contributed by atoms with Gasteiger partial charge in [0.2, 0.25) is 0 Å². The van der Waals surface area contributed by atoms with Crippen LogP contribution >= 0.6 is 17.0 Å². The molecule has 0 spiro atoms. The van der Waals surface area contributed by atoms with Crippen LogP contribution in [0.1, 0.15) is 11.1 Å². The fraction of sp³-hybridized carbons (Fsp3) is 0.182. The van der Waals surface area contributed by atoms with Gasteiger partial charge >= 0.3 is 0 Å². The Bertz CT molecular complexity index is 410. The van der Waals surface area contributed by atoms with Gasteiger partial charge in [0.1, 0.15) is 0 Å². The number of rotatable bonds is 2. The summed E-state index contributed by atoms with van der Waals surface area (Å²) in [6.45, 7) is 1.04. The number of nitrogens with one attached hydrogen (secondary N) is 1. The summed E-state index contributed by atoms with van der Waals surface area (Å²) in [6, 6.07) is 8.13. The predicted molar refractivity (Wildman–Crippen MR) is 76.9 cm³/mol. The van der Waals surface area contributed by atoms with Crippen molar-refractivity contribution in [1.82, 2.24) is 10.3 Å². The first kappa shape index (κ1) is 16.6. The second kappa shape index (κ2) is 8.65. The highest BCUT2D eigenvalue weighted by Gasteiger charge is 2.11. The molecule has 1 aliphatic heterocycles. The number of carbonyl (C=O) groups excluding carboxylic acids is 1. The number of hydrogen-bond donors (Lipinski definition) is 4. The molecule has 0 unspecified atom stereocenters. The fourth-order valence-corrected chi connectivity index (χ4v) is 1.64. The van der Waals surface area contributed by atoms with Gasteiger partial charge in [0.05, 0.1) is 6.54 Å². The quantitative estimate of drug-likeness (QED) is 0.345. The monoisotopic (exact) mass is 315 g/mol. The van der Waals surface area contributed by atoms with Gasteiger partial charge in [0, 0.05) is 12.7 Å². The second-order valence-electron chi connectivity index (χ2n) is 3.49. The zero-order valence-electron chi connectivity index (χ0n) is 9.87. The van der Waals surface area contributed by atoms with E-state index in [4.69, 9.17) is 5.84 Å². The molecule has 2 rings (SSSR count). The molecule has 18 heavy (non-hydrogen) atoms. The lowest BCUT2D eigenvalue weighted by Crippen LogP contribution is -2.38. The average Bonchev–Trinajstić information content (AvgIpc) is 2.41. The third kappa shape index (κ3) is 4.46. The summed E-state index contributed by atoms with van der Waals surface area (Å²) < 4.78 is 0. The minimum absolute atomic E-state index is 0. The van der Waals surface area contributed by atoms with E-state index < -0.39 is 0 Å². The van der Waals surface area contributed by atoms with Crippen molar-refractivity contribution in [1.29, 1.82) is 0 Å². The maximum Gasteiger partial charge on any atom is 0.253 e. The maximum absolute atomic E-state index is 11.1. The Labute approximate surface area is 117 Å². The van der Waals surface area contributed by atoms with Crippen LogP contribution in [0.15, 0.2) is 30.5 Å². The molecule has 1 aliphatic rings. The molecule has 0 atom stereocenters. The molecule has 0 radical (unpaired) electrons. The van der Waals surface area contributed by atoms with Crippen molar-refractivity contribution in [2.45, 2.75) is 6.54 Å².